The molecule has 0 saturated heterocycles. The fourth-order valence-electron chi connectivity index (χ4n) is 1.73. The van der Waals surface area contributed by atoms with E-state index in [2.05, 4.69) is 23.6 Å². The average molecular weight is 277 g/mol. The van der Waals surface area contributed by atoms with Gasteiger partial charge in [-0.05, 0) is 30.0 Å². The Hall–Kier alpha value is -2.08. The number of non-ortho nitro benzene ring substituents is 1. The van der Waals surface area contributed by atoms with E-state index in [1.54, 1.807) is 24.5 Å². The fraction of sp³-hybridized carbons (Fsp3) is 0.231. The lowest BCUT2D eigenvalue weighted by molar-refractivity contribution is -0.384. The van der Waals surface area contributed by atoms with E-state index in [1.165, 1.54) is 16.5 Å². The average Bonchev–Trinajstić information content (AvgIpc) is 2.81. The second-order valence-electron chi connectivity index (χ2n) is 4.16. The zero-order valence-corrected chi connectivity index (χ0v) is 11.6. The molecule has 1 aromatic heterocycles. The summed E-state index contributed by atoms with van der Waals surface area (Å²) in [4.78, 5) is 11.7. The third-order valence-electron chi connectivity index (χ3n) is 2.84. The second kappa shape index (κ2) is 5.71. The minimum atomic E-state index is -0.386. The maximum Gasteiger partial charge on any atom is 0.273 e. The zero-order valence-electron chi connectivity index (χ0n) is 10.8. The molecule has 2 aromatic rings. The summed E-state index contributed by atoms with van der Waals surface area (Å²) in [5.41, 5.74) is 2.78. The molecule has 1 aromatic carbocycles. The van der Waals surface area contributed by atoms with Gasteiger partial charge in [-0.2, -0.15) is 0 Å². The van der Waals surface area contributed by atoms with Crippen LogP contribution in [0.3, 0.4) is 0 Å². The summed E-state index contributed by atoms with van der Waals surface area (Å²) in [5.74, 6) is 0. The van der Waals surface area contributed by atoms with Crippen LogP contribution in [0.1, 0.15) is 10.4 Å². The van der Waals surface area contributed by atoms with Crippen molar-refractivity contribution in [2.24, 2.45) is 0 Å². The van der Waals surface area contributed by atoms with Crippen molar-refractivity contribution in [1.29, 1.82) is 0 Å². The summed E-state index contributed by atoms with van der Waals surface area (Å²) in [6.07, 6.45) is 0. The Labute approximate surface area is 115 Å². The molecule has 0 unspecified atom stereocenters. The molecule has 100 valence electrons. The van der Waals surface area contributed by atoms with Gasteiger partial charge in [0, 0.05) is 42.0 Å². The number of nitrogens with zero attached hydrogens (tertiary/aromatic N) is 1. The van der Waals surface area contributed by atoms with Gasteiger partial charge in [0.15, 0.2) is 0 Å². The molecule has 2 N–H and O–H groups in total. The lowest BCUT2D eigenvalue weighted by Crippen LogP contribution is -2.01. The topological polar surface area (TPSA) is 67.2 Å². The number of nitrogens with one attached hydrogen (secondary N) is 2. The number of nitro benzene ring substituents is 1. The summed E-state index contributed by atoms with van der Waals surface area (Å²) >= 11 is 1.68. The fourth-order valence-corrected chi connectivity index (χ4v) is 2.58. The van der Waals surface area contributed by atoms with Gasteiger partial charge in [0.05, 0.1) is 4.92 Å². The number of nitro groups is 1. The van der Waals surface area contributed by atoms with Crippen LogP contribution in [-0.4, -0.2) is 12.0 Å². The molecule has 0 radical (unpaired) electrons. The van der Waals surface area contributed by atoms with E-state index in [0.717, 1.165) is 11.4 Å². The van der Waals surface area contributed by atoms with Crippen LogP contribution in [0.15, 0.2) is 29.6 Å². The molecule has 0 bridgehead atoms. The number of anilines is 2. The number of aryl methyl sites for hydroxylation is 1. The van der Waals surface area contributed by atoms with Crippen LogP contribution in [0.25, 0.3) is 0 Å². The van der Waals surface area contributed by atoms with Crippen molar-refractivity contribution < 1.29 is 4.92 Å². The molecule has 0 saturated carbocycles. The standard InChI is InChI=1S/C13H15N3O2S/c1-9-3-4-19-13(9)8-15-11-5-10(14-2)6-12(7-11)16(17)18/h3-7,14-15H,8H2,1-2H3. The van der Waals surface area contributed by atoms with Crippen LogP contribution in [-0.2, 0) is 6.54 Å². The highest BCUT2D eigenvalue weighted by Crippen LogP contribution is 2.25. The highest BCUT2D eigenvalue weighted by molar-refractivity contribution is 7.10. The summed E-state index contributed by atoms with van der Waals surface area (Å²) in [6, 6.07) is 6.98. The van der Waals surface area contributed by atoms with Gasteiger partial charge >= 0.3 is 0 Å². The van der Waals surface area contributed by atoms with Gasteiger partial charge in [0.1, 0.15) is 0 Å². The number of benzene rings is 1. The van der Waals surface area contributed by atoms with Crippen molar-refractivity contribution in [2.75, 3.05) is 17.7 Å². The molecule has 2 rings (SSSR count). The molecule has 5 nitrogen and oxygen atoms in total. The van der Waals surface area contributed by atoms with Gasteiger partial charge in [-0.15, -0.1) is 11.3 Å². The molecule has 19 heavy (non-hydrogen) atoms. The third kappa shape index (κ3) is 3.23. The smallest absolute Gasteiger partial charge is 0.273 e. The second-order valence-corrected chi connectivity index (χ2v) is 5.16. The van der Waals surface area contributed by atoms with Gasteiger partial charge < -0.3 is 10.6 Å². The predicted octanol–water partition coefficient (Wildman–Crippen LogP) is 3.62. The first kappa shape index (κ1) is 13.4. The summed E-state index contributed by atoms with van der Waals surface area (Å²) < 4.78 is 0. The lowest BCUT2D eigenvalue weighted by Gasteiger charge is -2.08. The highest BCUT2D eigenvalue weighted by atomic mass is 32.1. The SMILES string of the molecule is CNc1cc(NCc2sccc2C)cc([N+](=O)[O-])c1. The van der Waals surface area contributed by atoms with Crippen molar-refractivity contribution in [1.82, 2.24) is 0 Å². The largest absolute Gasteiger partial charge is 0.388 e. The number of hydrogen-bond donors (Lipinski definition) is 2. The van der Waals surface area contributed by atoms with Crippen LogP contribution in [0, 0.1) is 17.0 Å². The Morgan fingerprint density at radius 1 is 1.32 bits per heavy atom. The van der Waals surface area contributed by atoms with Gasteiger partial charge in [0.2, 0.25) is 0 Å². The number of hydrogen-bond acceptors (Lipinski definition) is 5. The first-order valence-electron chi connectivity index (χ1n) is 5.84. The zero-order chi connectivity index (χ0) is 13.8. The van der Waals surface area contributed by atoms with Crippen molar-refractivity contribution >= 4 is 28.4 Å². The van der Waals surface area contributed by atoms with Crippen molar-refractivity contribution in [3.63, 3.8) is 0 Å². The maximum atomic E-state index is 10.9. The first-order chi connectivity index (χ1) is 9.10. The van der Waals surface area contributed by atoms with Gasteiger partial charge in [-0.25, -0.2) is 0 Å². The molecular weight excluding hydrogens is 262 g/mol. The predicted molar refractivity (Wildman–Crippen MR) is 79.0 cm³/mol. The normalized spacial score (nSPS) is 10.2. The quantitative estimate of drug-likeness (QED) is 0.647. The van der Waals surface area contributed by atoms with Crippen LogP contribution in [0.5, 0.6) is 0 Å². The molecule has 0 aliphatic rings. The molecule has 0 amide bonds. The Morgan fingerprint density at radius 3 is 2.63 bits per heavy atom. The maximum absolute atomic E-state index is 10.9. The highest BCUT2D eigenvalue weighted by Gasteiger charge is 2.09. The molecule has 0 atom stereocenters. The Bertz CT molecular complexity index is 595. The van der Waals surface area contributed by atoms with E-state index >= 15 is 0 Å². The Kier molecular flexibility index (Phi) is 4.01. The molecule has 0 aliphatic carbocycles. The van der Waals surface area contributed by atoms with E-state index in [1.807, 2.05) is 11.4 Å². The molecule has 6 heteroatoms. The molecular formula is C13H15N3O2S. The molecule has 1 heterocycles. The Morgan fingerprint density at radius 2 is 2.05 bits per heavy atom. The van der Waals surface area contributed by atoms with Crippen molar-refractivity contribution in [3.8, 4) is 0 Å². The summed E-state index contributed by atoms with van der Waals surface area (Å²) in [6.45, 7) is 2.73. The van der Waals surface area contributed by atoms with Crippen molar-refractivity contribution in [2.45, 2.75) is 13.5 Å². The van der Waals surface area contributed by atoms with Gasteiger partial charge in [-0.1, -0.05) is 0 Å². The minimum Gasteiger partial charge on any atom is -0.388 e. The van der Waals surface area contributed by atoms with Gasteiger partial charge in [0.25, 0.3) is 5.69 Å². The molecule has 0 spiro atoms. The van der Waals surface area contributed by atoms with Crippen molar-refractivity contribution in [3.05, 3.63) is 50.2 Å². The summed E-state index contributed by atoms with van der Waals surface area (Å²) in [5, 5.41) is 19.1. The monoisotopic (exact) mass is 277 g/mol. The number of rotatable bonds is 5. The van der Waals surface area contributed by atoms with Crippen LogP contribution >= 0.6 is 11.3 Å². The van der Waals surface area contributed by atoms with Crippen LogP contribution < -0.4 is 10.6 Å². The van der Waals surface area contributed by atoms with Crippen LogP contribution in [0.2, 0.25) is 0 Å². The third-order valence-corrected chi connectivity index (χ3v) is 3.86. The van der Waals surface area contributed by atoms with E-state index < -0.39 is 0 Å². The van der Waals surface area contributed by atoms with Crippen LogP contribution in [0.4, 0.5) is 17.1 Å². The molecule has 0 fully saturated rings. The number of thiophene rings is 1. The van der Waals surface area contributed by atoms with E-state index in [-0.39, 0.29) is 10.6 Å². The van der Waals surface area contributed by atoms with E-state index in [4.69, 9.17) is 0 Å². The Balaban J connectivity index is 2.17. The lowest BCUT2D eigenvalue weighted by atomic mass is 10.2. The van der Waals surface area contributed by atoms with E-state index in [9.17, 15) is 10.1 Å². The molecule has 0 aliphatic heterocycles. The van der Waals surface area contributed by atoms with Gasteiger partial charge in [-0.3, -0.25) is 10.1 Å². The first-order valence-corrected chi connectivity index (χ1v) is 6.72. The minimum absolute atomic E-state index is 0.0808. The van der Waals surface area contributed by atoms with E-state index in [0.29, 0.717) is 6.54 Å². The summed E-state index contributed by atoms with van der Waals surface area (Å²) in [7, 11) is 1.74.